The fourth-order valence-electron chi connectivity index (χ4n) is 1.69. The van der Waals surface area contributed by atoms with Crippen molar-refractivity contribution in [3.05, 3.63) is 23.8 Å². The third-order valence-corrected chi connectivity index (χ3v) is 2.58. The molecule has 0 bridgehead atoms. The molecule has 1 aromatic rings. The monoisotopic (exact) mass is 237 g/mol. The van der Waals surface area contributed by atoms with Crippen molar-refractivity contribution >= 4 is 11.6 Å². The summed E-state index contributed by atoms with van der Waals surface area (Å²) in [5.41, 5.74) is 12.8. The lowest BCUT2D eigenvalue weighted by Crippen LogP contribution is -2.34. The lowest BCUT2D eigenvalue weighted by Gasteiger charge is -2.24. The molecule has 1 rings (SSSR count). The quantitative estimate of drug-likeness (QED) is 0.753. The highest BCUT2D eigenvalue weighted by Crippen LogP contribution is 2.25. The van der Waals surface area contributed by atoms with E-state index in [-0.39, 0.29) is 12.5 Å². The average molecular weight is 237 g/mol. The number of likely N-dealkylation sites (N-methyl/N-ethyl adjacent to an activating group) is 1. The second kappa shape index (κ2) is 6.10. The molecule has 0 aliphatic carbocycles. The van der Waals surface area contributed by atoms with Gasteiger partial charge in [-0.3, -0.25) is 4.79 Å². The first kappa shape index (κ1) is 13.3. The SMILES string of the molecule is CCN(CC(N)=O)c1cc(OC)ccc1CN. The minimum absolute atomic E-state index is 0.177. The Hall–Kier alpha value is -1.75. The Balaban J connectivity index is 3.09. The first-order chi connectivity index (χ1) is 8.12. The molecule has 1 amide bonds. The molecule has 5 nitrogen and oxygen atoms in total. The van der Waals surface area contributed by atoms with Gasteiger partial charge in [0.25, 0.3) is 0 Å². The molecule has 0 saturated carbocycles. The number of rotatable bonds is 6. The number of carbonyl (C=O) groups is 1. The van der Waals surface area contributed by atoms with Gasteiger partial charge >= 0.3 is 0 Å². The van der Waals surface area contributed by atoms with Gasteiger partial charge in [0.05, 0.1) is 13.7 Å². The van der Waals surface area contributed by atoms with E-state index < -0.39 is 0 Å². The number of nitrogens with zero attached hydrogens (tertiary/aromatic N) is 1. The smallest absolute Gasteiger partial charge is 0.236 e. The summed E-state index contributed by atoms with van der Waals surface area (Å²) in [5, 5.41) is 0. The van der Waals surface area contributed by atoms with Crippen LogP contribution in [0.4, 0.5) is 5.69 Å². The lowest BCUT2D eigenvalue weighted by atomic mass is 10.1. The maximum absolute atomic E-state index is 11.0. The van der Waals surface area contributed by atoms with Crippen LogP contribution < -0.4 is 21.1 Å². The highest BCUT2D eigenvalue weighted by molar-refractivity contribution is 5.80. The number of carbonyl (C=O) groups excluding carboxylic acids is 1. The zero-order valence-corrected chi connectivity index (χ0v) is 10.3. The van der Waals surface area contributed by atoms with Gasteiger partial charge in [0, 0.05) is 24.8 Å². The normalized spacial score (nSPS) is 10.1. The van der Waals surface area contributed by atoms with E-state index in [0.717, 1.165) is 17.0 Å². The molecular formula is C12H19N3O2. The zero-order chi connectivity index (χ0) is 12.8. The van der Waals surface area contributed by atoms with Crippen LogP contribution in [0.25, 0.3) is 0 Å². The first-order valence-electron chi connectivity index (χ1n) is 5.52. The third kappa shape index (κ3) is 3.35. The van der Waals surface area contributed by atoms with E-state index in [9.17, 15) is 4.79 Å². The number of ether oxygens (including phenoxy) is 1. The van der Waals surface area contributed by atoms with Crippen molar-refractivity contribution in [2.24, 2.45) is 11.5 Å². The number of primary amides is 1. The summed E-state index contributed by atoms with van der Waals surface area (Å²) in [5.74, 6) is 0.373. The van der Waals surface area contributed by atoms with Crippen molar-refractivity contribution in [2.45, 2.75) is 13.5 Å². The van der Waals surface area contributed by atoms with E-state index >= 15 is 0 Å². The maximum Gasteiger partial charge on any atom is 0.236 e. The summed E-state index contributed by atoms with van der Waals surface area (Å²) in [6.07, 6.45) is 0. The van der Waals surface area contributed by atoms with Gasteiger partial charge in [-0.25, -0.2) is 0 Å². The van der Waals surface area contributed by atoms with Gasteiger partial charge in [0.2, 0.25) is 5.91 Å². The van der Waals surface area contributed by atoms with Crippen LogP contribution in [0.15, 0.2) is 18.2 Å². The van der Waals surface area contributed by atoms with Crippen molar-refractivity contribution in [3.8, 4) is 5.75 Å². The lowest BCUT2D eigenvalue weighted by molar-refractivity contribution is -0.116. The van der Waals surface area contributed by atoms with Crippen molar-refractivity contribution < 1.29 is 9.53 Å². The van der Waals surface area contributed by atoms with Crippen LogP contribution in [0.2, 0.25) is 0 Å². The predicted octanol–water partition coefficient (Wildman–Crippen LogP) is 0.466. The molecule has 0 saturated heterocycles. The summed E-state index contributed by atoms with van der Waals surface area (Å²) >= 11 is 0. The van der Waals surface area contributed by atoms with E-state index in [4.69, 9.17) is 16.2 Å². The highest BCUT2D eigenvalue weighted by atomic mass is 16.5. The number of methoxy groups -OCH3 is 1. The summed E-state index contributed by atoms with van der Waals surface area (Å²) in [6.45, 7) is 3.23. The van der Waals surface area contributed by atoms with Gasteiger partial charge in [0.1, 0.15) is 5.75 Å². The number of benzene rings is 1. The molecule has 0 heterocycles. The predicted molar refractivity (Wildman–Crippen MR) is 68.0 cm³/mol. The standard InChI is InChI=1S/C12H19N3O2/c1-3-15(8-12(14)16)11-6-10(17-2)5-4-9(11)7-13/h4-6H,3,7-8,13H2,1-2H3,(H2,14,16). The van der Waals surface area contributed by atoms with E-state index in [1.54, 1.807) is 7.11 Å². The number of hydrogen-bond donors (Lipinski definition) is 2. The first-order valence-corrected chi connectivity index (χ1v) is 5.52. The van der Waals surface area contributed by atoms with E-state index in [0.29, 0.717) is 13.1 Å². The summed E-state index contributed by atoms with van der Waals surface area (Å²) in [4.78, 5) is 12.9. The highest BCUT2D eigenvalue weighted by Gasteiger charge is 2.12. The Morgan fingerprint density at radius 2 is 2.18 bits per heavy atom. The maximum atomic E-state index is 11.0. The molecular weight excluding hydrogens is 218 g/mol. The fraction of sp³-hybridized carbons (Fsp3) is 0.417. The molecule has 0 aromatic heterocycles. The number of hydrogen-bond acceptors (Lipinski definition) is 4. The number of nitrogens with two attached hydrogens (primary N) is 2. The average Bonchev–Trinajstić information content (AvgIpc) is 2.34. The Bertz CT molecular complexity index is 393. The molecule has 0 spiro atoms. The molecule has 4 N–H and O–H groups in total. The Kier molecular flexibility index (Phi) is 4.78. The second-order valence-electron chi connectivity index (χ2n) is 3.68. The van der Waals surface area contributed by atoms with Crippen LogP contribution in [-0.2, 0) is 11.3 Å². The zero-order valence-electron chi connectivity index (χ0n) is 10.3. The van der Waals surface area contributed by atoms with Gasteiger partial charge in [0.15, 0.2) is 0 Å². The van der Waals surface area contributed by atoms with E-state index in [1.807, 2.05) is 30.0 Å². The van der Waals surface area contributed by atoms with Gasteiger partial charge in [-0.1, -0.05) is 6.07 Å². The van der Waals surface area contributed by atoms with Crippen LogP contribution in [-0.4, -0.2) is 26.1 Å². The van der Waals surface area contributed by atoms with Crippen molar-refractivity contribution in [1.82, 2.24) is 0 Å². The molecule has 0 radical (unpaired) electrons. The largest absolute Gasteiger partial charge is 0.497 e. The van der Waals surface area contributed by atoms with Crippen molar-refractivity contribution in [2.75, 3.05) is 25.1 Å². The molecule has 0 fully saturated rings. The summed E-state index contributed by atoms with van der Waals surface area (Å²) in [7, 11) is 1.60. The molecule has 17 heavy (non-hydrogen) atoms. The van der Waals surface area contributed by atoms with Gasteiger partial charge in [-0.05, 0) is 18.6 Å². The number of amides is 1. The molecule has 0 unspecified atom stereocenters. The Labute approximate surface area is 101 Å². The third-order valence-electron chi connectivity index (χ3n) is 2.58. The molecule has 94 valence electrons. The fourth-order valence-corrected chi connectivity index (χ4v) is 1.69. The molecule has 0 aliphatic rings. The molecule has 1 aromatic carbocycles. The van der Waals surface area contributed by atoms with Crippen LogP contribution >= 0.6 is 0 Å². The minimum Gasteiger partial charge on any atom is -0.497 e. The van der Waals surface area contributed by atoms with Crippen molar-refractivity contribution in [1.29, 1.82) is 0 Å². The topological polar surface area (TPSA) is 81.6 Å². The summed E-state index contributed by atoms with van der Waals surface area (Å²) < 4.78 is 5.17. The Morgan fingerprint density at radius 3 is 2.65 bits per heavy atom. The van der Waals surface area contributed by atoms with Gasteiger partial charge in [-0.15, -0.1) is 0 Å². The van der Waals surface area contributed by atoms with Crippen LogP contribution in [0.1, 0.15) is 12.5 Å². The summed E-state index contributed by atoms with van der Waals surface area (Å²) in [6, 6.07) is 5.62. The van der Waals surface area contributed by atoms with Crippen LogP contribution in [0.5, 0.6) is 5.75 Å². The minimum atomic E-state index is -0.363. The van der Waals surface area contributed by atoms with Crippen LogP contribution in [0.3, 0.4) is 0 Å². The second-order valence-corrected chi connectivity index (χ2v) is 3.68. The molecule has 0 atom stereocenters. The molecule has 5 heteroatoms. The van der Waals surface area contributed by atoms with E-state index in [2.05, 4.69) is 0 Å². The van der Waals surface area contributed by atoms with Gasteiger partial charge in [-0.2, -0.15) is 0 Å². The van der Waals surface area contributed by atoms with Crippen LogP contribution in [0, 0.1) is 0 Å². The number of anilines is 1. The van der Waals surface area contributed by atoms with E-state index in [1.165, 1.54) is 0 Å². The van der Waals surface area contributed by atoms with Gasteiger partial charge < -0.3 is 21.1 Å². The Morgan fingerprint density at radius 1 is 1.47 bits per heavy atom. The molecule has 0 aliphatic heterocycles. The van der Waals surface area contributed by atoms with Crippen molar-refractivity contribution in [3.63, 3.8) is 0 Å².